The van der Waals surface area contributed by atoms with Crippen LogP contribution >= 0.6 is 56.5 Å². The molecule has 1 aliphatic rings. The molecule has 0 radical (unpaired) electrons. The predicted molar refractivity (Wildman–Crippen MR) is 140 cm³/mol. The summed E-state index contributed by atoms with van der Waals surface area (Å²) >= 11 is 5.40. The van der Waals surface area contributed by atoms with E-state index in [1.54, 1.807) is 24.5 Å². The first-order valence-corrected chi connectivity index (χ1v) is 12.7. The van der Waals surface area contributed by atoms with Crippen molar-refractivity contribution < 1.29 is 14.6 Å². The van der Waals surface area contributed by atoms with E-state index in [2.05, 4.69) is 50.2 Å². The minimum atomic E-state index is -0.617. The molecule has 0 bridgehead atoms. The largest absolute Gasteiger partial charge is 0.506 e. The first kappa shape index (κ1) is 23.2. The van der Waals surface area contributed by atoms with E-state index in [0.29, 0.717) is 27.7 Å². The Balaban J connectivity index is 1.96. The van der Waals surface area contributed by atoms with Crippen LogP contribution in [0.5, 0.6) is 5.75 Å². The number of hydrogen-bond acceptors (Lipinski definition) is 6. The van der Waals surface area contributed by atoms with Gasteiger partial charge >= 0.3 is 5.97 Å². The molecule has 2 aromatic carbocycles. The van der Waals surface area contributed by atoms with Crippen molar-refractivity contribution in [2.75, 3.05) is 6.61 Å². The number of halogens is 2. The number of hydrogen-bond donors (Lipinski definition) is 1. The van der Waals surface area contributed by atoms with Gasteiger partial charge in [-0.2, -0.15) is 0 Å². The van der Waals surface area contributed by atoms with Crippen LogP contribution < -0.4 is 14.9 Å². The van der Waals surface area contributed by atoms with Crippen LogP contribution in [-0.2, 0) is 9.53 Å². The summed E-state index contributed by atoms with van der Waals surface area (Å²) in [6, 6.07) is 12.5. The molecule has 0 aliphatic carbocycles. The van der Waals surface area contributed by atoms with Gasteiger partial charge in [-0.1, -0.05) is 41.7 Å². The van der Waals surface area contributed by atoms with Crippen molar-refractivity contribution in [3.63, 3.8) is 0 Å². The van der Waals surface area contributed by atoms with E-state index in [1.165, 1.54) is 11.3 Å². The molecule has 32 heavy (non-hydrogen) atoms. The van der Waals surface area contributed by atoms with Gasteiger partial charge in [0, 0.05) is 0 Å². The molecule has 4 rings (SSSR count). The number of aromatic nitrogens is 1. The Bertz CT molecular complexity index is 1400. The molecule has 3 aromatic rings. The molecule has 164 valence electrons. The lowest BCUT2D eigenvalue weighted by Crippen LogP contribution is -2.39. The van der Waals surface area contributed by atoms with Crippen molar-refractivity contribution in [2.45, 2.75) is 19.9 Å². The Hall–Kier alpha value is -1.99. The van der Waals surface area contributed by atoms with Crippen LogP contribution in [-0.4, -0.2) is 22.2 Å². The van der Waals surface area contributed by atoms with E-state index in [9.17, 15) is 14.7 Å². The quantitative estimate of drug-likeness (QED) is 0.339. The van der Waals surface area contributed by atoms with Gasteiger partial charge in [-0.15, -0.1) is 0 Å². The van der Waals surface area contributed by atoms with Crippen molar-refractivity contribution in [2.24, 2.45) is 4.99 Å². The van der Waals surface area contributed by atoms with Crippen molar-refractivity contribution in [1.82, 2.24) is 4.57 Å². The number of carbonyl (C=O) groups excluding carboxylic acids is 1. The molecule has 0 amide bonds. The molecular formula is C23H18I2N2O4S. The van der Waals surface area contributed by atoms with Crippen LogP contribution in [0.1, 0.15) is 31.0 Å². The summed E-state index contributed by atoms with van der Waals surface area (Å²) in [6.45, 7) is 3.75. The minimum Gasteiger partial charge on any atom is -0.506 e. The molecular weight excluding hydrogens is 654 g/mol. The number of allylic oxidation sites excluding steroid dienone is 1. The summed E-state index contributed by atoms with van der Waals surface area (Å²) in [4.78, 5) is 31.5. The molecule has 2 heterocycles. The summed E-state index contributed by atoms with van der Waals surface area (Å²) < 4.78 is 8.78. The molecule has 1 N–H and O–H groups in total. The summed E-state index contributed by atoms with van der Waals surface area (Å²) in [5.74, 6) is -0.247. The highest BCUT2D eigenvalue weighted by Crippen LogP contribution is 2.31. The van der Waals surface area contributed by atoms with E-state index in [1.807, 2.05) is 42.5 Å². The van der Waals surface area contributed by atoms with Crippen LogP contribution in [0, 0.1) is 7.14 Å². The van der Waals surface area contributed by atoms with Crippen molar-refractivity contribution >= 4 is 68.6 Å². The monoisotopic (exact) mass is 672 g/mol. The predicted octanol–water partition coefficient (Wildman–Crippen LogP) is 3.71. The zero-order valence-corrected chi connectivity index (χ0v) is 22.3. The number of fused-ring (bicyclic) bond motifs is 1. The summed E-state index contributed by atoms with van der Waals surface area (Å²) in [5, 5.41) is 10.0. The van der Waals surface area contributed by atoms with E-state index >= 15 is 0 Å². The van der Waals surface area contributed by atoms with Crippen molar-refractivity contribution in [3.05, 3.63) is 91.7 Å². The van der Waals surface area contributed by atoms with Gasteiger partial charge in [0.15, 0.2) is 4.80 Å². The Morgan fingerprint density at radius 1 is 1.25 bits per heavy atom. The average molecular weight is 672 g/mol. The second-order valence-corrected chi connectivity index (χ2v) is 10.4. The zero-order chi connectivity index (χ0) is 23.0. The third kappa shape index (κ3) is 4.29. The zero-order valence-electron chi connectivity index (χ0n) is 17.1. The van der Waals surface area contributed by atoms with Crippen LogP contribution in [0.4, 0.5) is 0 Å². The lowest BCUT2D eigenvalue weighted by molar-refractivity contribution is -0.139. The first-order chi connectivity index (χ1) is 15.3. The second-order valence-electron chi connectivity index (χ2n) is 7.05. The molecule has 1 unspecified atom stereocenters. The maximum absolute atomic E-state index is 13.5. The third-order valence-corrected chi connectivity index (χ3v) is 7.60. The smallest absolute Gasteiger partial charge is 0.338 e. The summed E-state index contributed by atoms with van der Waals surface area (Å²) in [5.41, 5.74) is 2.30. The number of nitrogens with zero attached hydrogens (tertiary/aromatic N) is 2. The Morgan fingerprint density at radius 2 is 1.91 bits per heavy atom. The van der Waals surface area contributed by atoms with Gasteiger partial charge in [-0.25, -0.2) is 9.79 Å². The molecule has 9 heteroatoms. The van der Waals surface area contributed by atoms with Crippen LogP contribution in [0.25, 0.3) is 6.08 Å². The maximum Gasteiger partial charge on any atom is 0.338 e. The van der Waals surface area contributed by atoms with Gasteiger partial charge < -0.3 is 9.84 Å². The molecule has 0 saturated heterocycles. The van der Waals surface area contributed by atoms with Gasteiger partial charge in [0.05, 0.1) is 35.6 Å². The molecule has 1 atom stereocenters. The van der Waals surface area contributed by atoms with Gasteiger partial charge in [-0.3, -0.25) is 9.36 Å². The number of rotatable bonds is 4. The number of benzene rings is 2. The molecule has 1 aromatic heterocycles. The van der Waals surface area contributed by atoms with E-state index in [-0.39, 0.29) is 17.9 Å². The molecule has 0 spiro atoms. The van der Waals surface area contributed by atoms with E-state index < -0.39 is 12.0 Å². The number of carbonyl (C=O) groups is 1. The fourth-order valence-corrected chi connectivity index (χ4v) is 6.42. The lowest BCUT2D eigenvalue weighted by atomic mass is 9.96. The number of phenols is 1. The highest BCUT2D eigenvalue weighted by Gasteiger charge is 2.33. The number of ether oxygens (including phenoxy) is 1. The Kier molecular flexibility index (Phi) is 6.86. The van der Waals surface area contributed by atoms with E-state index in [4.69, 9.17) is 4.74 Å². The SMILES string of the molecule is CCOC(=O)C1=C(C)N=c2s/c(=C\c3cc(I)c(O)c(I)c3)c(=O)n2C1c1ccccc1. The standard InChI is InChI=1S/C23H18I2N2O4S/c1-3-31-22(30)18-12(2)26-23-27(19(18)14-7-5-4-6-8-14)21(29)17(32-23)11-13-9-15(24)20(28)16(25)10-13/h4-11,19,28H,3H2,1-2H3/b17-11-. The number of esters is 1. The first-order valence-electron chi connectivity index (χ1n) is 9.74. The molecule has 6 nitrogen and oxygen atoms in total. The molecule has 1 aliphatic heterocycles. The summed E-state index contributed by atoms with van der Waals surface area (Å²) in [6.07, 6.45) is 1.79. The Labute approximate surface area is 215 Å². The average Bonchev–Trinajstić information content (AvgIpc) is 3.06. The molecule has 0 saturated carbocycles. The third-order valence-electron chi connectivity index (χ3n) is 4.97. The van der Waals surface area contributed by atoms with Gasteiger partial charge in [0.25, 0.3) is 5.56 Å². The topological polar surface area (TPSA) is 80.9 Å². The highest BCUT2D eigenvalue weighted by atomic mass is 127. The van der Waals surface area contributed by atoms with Crippen molar-refractivity contribution in [1.29, 1.82) is 0 Å². The van der Waals surface area contributed by atoms with Gasteiger partial charge in [-0.05, 0) is 88.4 Å². The van der Waals surface area contributed by atoms with Crippen molar-refractivity contribution in [3.8, 4) is 5.75 Å². The maximum atomic E-state index is 13.5. The van der Waals surface area contributed by atoms with Crippen LogP contribution in [0.3, 0.4) is 0 Å². The number of aromatic hydroxyl groups is 1. The van der Waals surface area contributed by atoms with Gasteiger partial charge in [0.2, 0.25) is 0 Å². The summed E-state index contributed by atoms with van der Waals surface area (Å²) in [7, 11) is 0. The van der Waals surface area contributed by atoms with Crippen LogP contribution in [0.15, 0.2) is 63.5 Å². The molecule has 0 fully saturated rings. The highest BCUT2D eigenvalue weighted by molar-refractivity contribution is 14.1. The Morgan fingerprint density at radius 3 is 2.53 bits per heavy atom. The van der Waals surface area contributed by atoms with E-state index in [0.717, 1.165) is 11.1 Å². The fourth-order valence-electron chi connectivity index (χ4n) is 3.56. The number of thiazole rings is 1. The van der Waals surface area contributed by atoms with Gasteiger partial charge in [0.1, 0.15) is 5.75 Å². The fraction of sp³-hybridized carbons (Fsp3) is 0.174. The lowest BCUT2D eigenvalue weighted by Gasteiger charge is -2.24. The second kappa shape index (κ2) is 9.48. The minimum absolute atomic E-state index is 0.226. The number of phenolic OH excluding ortho intramolecular Hbond substituents is 1. The normalized spacial score (nSPS) is 16.0. The van der Waals surface area contributed by atoms with Crippen LogP contribution in [0.2, 0.25) is 0 Å².